The highest BCUT2D eigenvalue weighted by molar-refractivity contribution is 6.33. The molecule has 118 valence electrons. The van der Waals surface area contributed by atoms with Gasteiger partial charge in [-0.3, -0.25) is 4.79 Å². The van der Waals surface area contributed by atoms with Crippen molar-refractivity contribution >= 4 is 28.9 Å². The van der Waals surface area contributed by atoms with Crippen LogP contribution in [0.2, 0.25) is 5.02 Å². The van der Waals surface area contributed by atoms with Crippen LogP contribution in [0.4, 0.5) is 11.4 Å². The predicted molar refractivity (Wildman–Crippen MR) is 87.5 cm³/mol. The molecule has 1 atom stereocenters. The van der Waals surface area contributed by atoms with E-state index in [1.165, 1.54) is 0 Å². The lowest BCUT2D eigenvalue weighted by Gasteiger charge is -2.17. The minimum Gasteiger partial charge on any atom is -0.397 e. The van der Waals surface area contributed by atoms with Gasteiger partial charge in [0, 0.05) is 18.7 Å². The van der Waals surface area contributed by atoms with Gasteiger partial charge in [0.2, 0.25) is 5.91 Å². The molecule has 21 heavy (non-hydrogen) atoms. The van der Waals surface area contributed by atoms with Crippen LogP contribution in [-0.2, 0) is 4.79 Å². The summed E-state index contributed by atoms with van der Waals surface area (Å²) in [6.07, 6.45) is 1.67. The number of nitrogen functional groups attached to an aromatic ring is 1. The van der Waals surface area contributed by atoms with Gasteiger partial charge in [0.1, 0.15) is 0 Å². The number of nitrogens with two attached hydrogens (primary N) is 1. The van der Waals surface area contributed by atoms with E-state index in [1.807, 2.05) is 7.05 Å². The molecule has 0 saturated carbocycles. The largest absolute Gasteiger partial charge is 0.397 e. The smallest absolute Gasteiger partial charge is 0.224 e. The monoisotopic (exact) mass is 313 g/mol. The van der Waals surface area contributed by atoms with E-state index in [1.54, 1.807) is 25.1 Å². The van der Waals surface area contributed by atoms with Crippen LogP contribution in [0.3, 0.4) is 0 Å². The normalized spacial score (nSPS) is 12.4. The number of nitrogens with zero attached hydrogens (tertiary/aromatic N) is 1. The lowest BCUT2D eigenvalue weighted by Crippen LogP contribution is -2.24. The van der Waals surface area contributed by atoms with Crippen molar-refractivity contribution in [3.63, 3.8) is 0 Å². The van der Waals surface area contributed by atoms with Crippen LogP contribution in [0, 0.1) is 0 Å². The van der Waals surface area contributed by atoms with Gasteiger partial charge in [-0.1, -0.05) is 11.6 Å². The fraction of sp³-hybridized carbons (Fsp3) is 0.533. The topological polar surface area (TPSA) is 78.6 Å². The number of rotatable bonds is 8. The molecule has 1 aromatic rings. The highest BCUT2D eigenvalue weighted by atomic mass is 35.5. The van der Waals surface area contributed by atoms with Gasteiger partial charge in [-0.15, -0.1) is 0 Å². The minimum atomic E-state index is -0.286. The Kier molecular flexibility index (Phi) is 7.50. The van der Waals surface area contributed by atoms with Crippen LogP contribution >= 0.6 is 11.6 Å². The van der Waals surface area contributed by atoms with Crippen molar-refractivity contribution in [3.05, 3.63) is 23.2 Å². The average molecular weight is 314 g/mol. The number of aliphatic hydroxyl groups is 1. The predicted octanol–water partition coefficient (Wildman–Crippen LogP) is 2.34. The van der Waals surface area contributed by atoms with E-state index >= 15 is 0 Å². The summed E-state index contributed by atoms with van der Waals surface area (Å²) in [6, 6.07) is 5.04. The molecule has 4 N–H and O–H groups in total. The van der Waals surface area contributed by atoms with Crippen molar-refractivity contribution in [1.29, 1.82) is 0 Å². The van der Waals surface area contributed by atoms with Crippen LogP contribution in [0.15, 0.2) is 18.2 Å². The van der Waals surface area contributed by atoms with Crippen molar-refractivity contribution in [2.45, 2.75) is 32.3 Å². The van der Waals surface area contributed by atoms with Crippen molar-refractivity contribution in [1.82, 2.24) is 4.90 Å². The molecule has 0 aliphatic rings. The van der Waals surface area contributed by atoms with Crippen LogP contribution in [0.1, 0.15) is 26.2 Å². The zero-order chi connectivity index (χ0) is 15.8. The Bertz CT molecular complexity index is 466. The number of hydrogen-bond donors (Lipinski definition) is 3. The first-order valence-corrected chi connectivity index (χ1v) is 7.47. The molecule has 0 aliphatic heterocycles. The van der Waals surface area contributed by atoms with E-state index < -0.39 is 0 Å². The summed E-state index contributed by atoms with van der Waals surface area (Å²) in [5.74, 6) is -0.0411. The van der Waals surface area contributed by atoms with Crippen LogP contribution in [0.5, 0.6) is 0 Å². The first kappa shape index (κ1) is 17.8. The molecule has 1 amide bonds. The van der Waals surface area contributed by atoms with Gasteiger partial charge in [-0.2, -0.15) is 0 Å². The minimum absolute atomic E-state index is 0.0411. The maximum atomic E-state index is 11.8. The average Bonchev–Trinajstić information content (AvgIpc) is 2.40. The number of hydrogen-bond acceptors (Lipinski definition) is 4. The third kappa shape index (κ3) is 7.32. The molecule has 0 heterocycles. The standard InChI is InChI=1S/C15H24ClN3O2/c1-11(20)7-9-19(2)8-3-4-15(21)18-12-5-6-13(16)14(17)10-12/h5-6,10-11,20H,3-4,7-9,17H2,1-2H3,(H,18,21). The molecule has 1 aromatic carbocycles. The lowest BCUT2D eigenvalue weighted by atomic mass is 10.2. The molecule has 0 spiro atoms. The van der Waals surface area contributed by atoms with Crippen molar-refractivity contribution < 1.29 is 9.90 Å². The highest BCUT2D eigenvalue weighted by Gasteiger charge is 2.06. The molecular formula is C15H24ClN3O2. The third-order valence-corrected chi connectivity index (χ3v) is 3.50. The Morgan fingerprint density at radius 2 is 2.19 bits per heavy atom. The van der Waals surface area contributed by atoms with Gasteiger partial charge in [0.05, 0.1) is 16.8 Å². The molecule has 0 fully saturated rings. The van der Waals surface area contributed by atoms with E-state index in [2.05, 4.69) is 10.2 Å². The van der Waals surface area contributed by atoms with Crippen LogP contribution < -0.4 is 11.1 Å². The third-order valence-electron chi connectivity index (χ3n) is 3.15. The molecule has 6 heteroatoms. The van der Waals surface area contributed by atoms with Gasteiger partial charge >= 0.3 is 0 Å². The molecule has 1 unspecified atom stereocenters. The molecule has 0 radical (unpaired) electrons. The summed E-state index contributed by atoms with van der Waals surface area (Å²) in [4.78, 5) is 13.9. The number of anilines is 2. The molecule has 0 aromatic heterocycles. The van der Waals surface area contributed by atoms with E-state index in [-0.39, 0.29) is 12.0 Å². The summed E-state index contributed by atoms with van der Waals surface area (Å²) in [5.41, 5.74) is 6.79. The second kappa shape index (κ2) is 8.87. The summed E-state index contributed by atoms with van der Waals surface area (Å²) in [6.45, 7) is 3.43. The Hall–Kier alpha value is -1.30. The number of amides is 1. The number of carbonyl (C=O) groups excluding carboxylic acids is 1. The van der Waals surface area contributed by atoms with Crippen molar-refractivity contribution in [2.75, 3.05) is 31.2 Å². The number of nitrogens with one attached hydrogen (secondary N) is 1. The zero-order valence-electron chi connectivity index (χ0n) is 12.6. The van der Waals surface area contributed by atoms with Gasteiger partial charge in [-0.25, -0.2) is 0 Å². The van der Waals surface area contributed by atoms with Gasteiger partial charge in [0.25, 0.3) is 0 Å². The van der Waals surface area contributed by atoms with Crippen molar-refractivity contribution in [2.24, 2.45) is 0 Å². The Morgan fingerprint density at radius 3 is 2.81 bits per heavy atom. The van der Waals surface area contributed by atoms with Crippen LogP contribution in [0.25, 0.3) is 0 Å². The Labute approximate surface area is 131 Å². The summed E-state index contributed by atoms with van der Waals surface area (Å²) in [5, 5.41) is 12.5. The second-order valence-electron chi connectivity index (χ2n) is 5.33. The molecule has 0 saturated heterocycles. The Morgan fingerprint density at radius 1 is 1.48 bits per heavy atom. The summed E-state index contributed by atoms with van der Waals surface area (Å²) in [7, 11) is 1.99. The van der Waals surface area contributed by atoms with Gasteiger partial charge < -0.3 is 21.1 Å². The van der Waals surface area contributed by atoms with E-state index in [4.69, 9.17) is 17.3 Å². The molecule has 0 aliphatic carbocycles. The van der Waals surface area contributed by atoms with Crippen LogP contribution in [-0.4, -0.2) is 42.2 Å². The first-order chi connectivity index (χ1) is 9.88. The summed E-state index contributed by atoms with van der Waals surface area (Å²) >= 11 is 5.83. The number of benzene rings is 1. The molecule has 0 bridgehead atoms. The fourth-order valence-electron chi connectivity index (χ4n) is 1.87. The number of carbonyl (C=O) groups is 1. The maximum Gasteiger partial charge on any atom is 0.224 e. The zero-order valence-corrected chi connectivity index (χ0v) is 13.4. The maximum absolute atomic E-state index is 11.8. The van der Waals surface area contributed by atoms with E-state index in [9.17, 15) is 9.90 Å². The molecule has 1 rings (SSSR count). The van der Waals surface area contributed by atoms with Crippen molar-refractivity contribution in [3.8, 4) is 0 Å². The van der Waals surface area contributed by atoms with Gasteiger partial charge in [-0.05, 0) is 51.6 Å². The fourth-order valence-corrected chi connectivity index (χ4v) is 1.99. The van der Waals surface area contributed by atoms with E-state index in [0.717, 1.165) is 25.9 Å². The van der Waals surface area contributed by atoms with E-state index in [0.29, 0.717) is 22.8 Å². The Balaban J connectivity index is 2.26. The lowest BCUT2D eigenvalue weighted by molar-refractivity contribution is -0.116. The highest BCUT2D eigenvalue weighted by Crippen LogP contribution is 2.22. The molecular weight excluding hydrogens is 290 g/mol. The second-order valence-corrected chi connectivity index (χ2v) is 5.74. The molecule has 5 nitrogen and oxygen atoms in total. The number of halogens is 1. The summed E-state index contributed by atoms with van der Waals surface area (Å²) < 4.78 is 0. The number of aliphatic hydroxyl groups excluding tert-OH is 1. The first-order valence-electron chi connectivity index (χ1n) is 7.10. The SMILES string of the molecule is CC(O)CCN(C)CCCC(=O)Nc1ccc(Cl)c(N)c1. The quantitative estimate of drug-likeness (QED) is 0.644. The van der Waals surface area contributed by atoms with Gasteiger partial charge in [0.15, 0.2) is 0 Å².